The second-order valence-electron chi connectivity index (χ2n) is 5.12. The van der Waals surface area contributed by atoms with Crippen molar-refractivity contribution in [2.45, 2.75) is 19.9 Å². The minimum atomic E-state index is -0.374. The van der Waals surface area contributed by atoms with Gasteiger partial charge in [0.25, 0.3) is 5.56 Å². The highest BCUT2D eigenvalue weighted by Crippen LogP contribution is 2.19. The molecule has 9 heteroatoms. The van der Waals surface area contributed by atoms with Gasteiger partial charge >= 0.3 is 0 Å². The first kappa shape index (κ1) is 17.4. The molecule has 128 valence electrons. The Morgan fingerprint density at radius 1 is 1.20 bits per heavy atom. The molecule has 3 aromatic rings. The van der Waals surface area contributed by atoms with Crippen LogP contribution >= 0.6 is 27.3 Å². The Labute approximate surface area is 155 Å². The van der Waals surface area contributed by atoms with E-state index < -0.39 is 0 Å². The smallest absolute Gasteiger partial charge is 0.267 e. The lowest BCUT2D eigenvalue weighted by Crippen LogP contribution is -2.29. The summed E-state index contributed by atoms with van der Waals surface area (Å²) in [4.78, 5) is 24.1. The van der Waals surface area contributed by atoms with Crippen LogP contribution in [0.25, 0.3) is 11.3 Å². The predicted molar refractivity (Wildman–Crippen MR) is 99.5 cm³/mol. The van der Waals surface area contributed by atoms with Gasteiger partial charge in [0.1, 0.15) is 11.6 Å². The number of hydrogen-bond donors (Lipinski definition) is 1. The van der Waals surface area contributed by atoms with Crippen LogP contribution in [-0.2, 0) is 17.8 Å². The van der Waals surface area contributed by atoms with E-state index in [1.165, 1.54) is 17.4 Å². The summed E-state index contributed by atoms with van der Waals surface area (Å²) in [5, 5.41) is 16.0. The van der Waals surface area contributed by atoms with E-state index in [1.54, 1.807) is 6.07 Å². The number of hydrogen-bond acceptors (Lipinski definition) is 6. The minimum Gasteiger partial charge on any atom is -0.299 e. The number of nitrogens with zero attached hydrogens (tertiary/aromatic N) is 4. The molecular formula is C16H14BrN5O2S. The molecule has 0 fully saturated rings. The van der Waals surface area contributed by atoms with Crippen molar-refractivity contribution in [3.05, 3.63) is 56.2 Å². The van der Waals surface area contributed by atoms with Crippen molar-refractivity contribution >= 4 is 38.3 Å². The molecule has 1 aromatic carbocycles. The molecule has 0 aliphatic rings. The van der Waals surface area contributed by atoms with Crippen LogP contribution < -0.4 is 10.9 Å². The number of carbonyl (C=O) groups is 1. The lowest BCUT2D eigenvalue weighted by atomic mass is 10.1. The zero-order valence-corrected chi connectivity index (χ0v) is 15.7. The zero-order chi connectivity index (χ0) is 17.8. The van der Waals surface area contributed by atoms with Crippen molar-refractivity contribution in [3.8, 4) is 11.3 Å². The number of halogens is 1. The molecule has 0 unspecified atom stereocenters. The van der Waals surface area contributed by atoms with Crippen LogP contribution in [0.2, 0.25) is 0 Å². The van der Waals surface area contributed by atoms with Gasteiger partial charge < -0.3 is 0 Å². The molecule has 0 spiro atoms. The standard InChI is InChI=1S/C16H14BrN5O2S/c1-2-14-19-20-16(25-14)18-13(23)9-22-15(24)8-7-12(21-22)10-3-5-11(17)6-4-10/h3-8H,2,9H2,1H3,(H,18,20,23). The van der Waals surface area contributed by atoms with Gasteiger partial charge in [-0.05, 0) is 24.6 Å². The number of rotatable bonds is 5. The number of aromatic nitrogens is 4. The van der Waals surface area contributed by atoms with Gasteiger partial charge in [0.05, 0.1) is 5.69 Å². The second-order valence-corrected chi connectivity index (χ2v) is 7.10. The third kappa shape index (κ3) is 4.37. The van der Waals surface area contributed by atoms with Crippen LogP contribution in [0.5, 0.6) is 0 Å². The van der Waals surface area contributed by atoms with Gasteiger partial charge in [0, 0.05) is 16.1 Å². The van der Waals surface area contributed by atoms with Gasteiger partial charge in [-0.3, -0.25) is 14.9 Å². The molecule has 0 bridgehead atoms. The van der Waals surface area contributed by atoms with Crippen molar-refractivity contribution in [1.82, 2.24) is 20.0 Å². The van der Waals surface area contributed by atoms with Gasteiger partial charge in [0.15, 0.2) is 0 Å². The highest BCUT2D eigenvalue weighted by Gasteiger charge is 2.11. The molecule has 0 atom stereocenters. The van der Waals surface area contributed by atoms with Gasteiger partial charge in [-0.15, -0.1) is 10.2 Å². The summed E-state index contributed by atoms with van der Waals surface area (Å²) in [7, 11) is 0. The summed E-state index contributed by atoms with van der Waals surface area (Å²) >= 11 is 4.69. The molecule has 0 aliphatic carbocycles. The number of anilines is 1. The highest BCUT2D eigenvalue weighted by molar-refractivity contribution is 9.10. The Morgan fingerprint density at radius 3 is 2.64 bits per heavy atom. The van der Waals surface area contributed by atoms with Crippen LogP contribution in [0.4, 0.5) is 5.13 Å². The van der Waals surface area contributed by atoms with Crippen LogP contribution in [0.3, 0.4) is 0 Å². The number of aryl methyl sites for hydroxylation is 1. The van der Waals surface area contributed by atoms with E-state index in [0.29, 0.717) is 10.8 Å². The van der Waals surface area contributed by atoms with Gasteiger partial charge in [-0.25, -0.2) is 4.68 Å². The number of carbonyl (C=O) groups excluding carboxylic acids is 1. The third-order valence-corrected chi connectivity index (χ3v) is 4.83. The molecule has 2 heterocycles. The predicted octanol–water partition coefficient (Wildman–Crippen LogP) is 2.73. The largest absolute Gasteiger partial charge is 0.299 e. The van der Waals surface area contributed by atoms with E-state index in [1.807, 2.05) is 31.2 Å². The fourth-order valence-corrected chi connectivity index (χ4v) is 3.04. The van der Waals surface area contributed by atoms with E-state index in [2.05, 4.69) is 36.5 Å². The monoisotopic (exact) mass is 419 g/mol. The maximum absolute atomic E-state index is 12.1. The maximum atomic E-state index is 12.1. The first-order valence-electron chi connectivity index (χ1n) is 7.51. The molecule has 25 heavy (non-hydrogen) atoms. The van der Waals surface area contributed by atoms with Crippen LogP contribution in [0.15, 0.2) is 45.7 Å². The fourth-order valence-electron chi connectivity index (χ4n) is 2.08. The minimum absolute atomic E-state index is 0.190. The molecule has 0 saturated heterocycles. The molecule has 0 aliphatic heterocycles. The third-order valence-electron chi connectivity index (χ3n) is 3.32. The summed E-state index contributed by atoms with van der Waals surface area (Å²) in [5.74, 6) is -0.374. The Hall–Kier alpha value is -2.39. The quantitative estimate of drug-likeness (QED) is 0.686. The van der Waals surface area contributed by atoms with Gasteiger partial charge in [-0.2, -0.15) is 5.10 Å². The zero-order valence-electron chi connectivity index (χ0n) is 13.3. The number of nitrogens with one attached hydrogen (secondary N) is 1. The lowest BCUT2D eigenvalue weighted by Gasteiger charge is -2.07. The summed E-state index contributed by atoms with van der Waals surface area (Å²) in [6, 6.07) is 10.6. The molecule has 0 saturated carbocycles. The fraction of sp³-hybridized carbons (Fsp3) is 0.188. The highest BCUT2D eigenvalue weighted by atomic mass is 79.9. The normalized spacial score (nSPS) is 10.6. The Morgan fingerprint density at radius 2 is 1.96 bits per heavy atom. The van der Waals surface area contributed by atoms with E-state index in [9.17, 15) is 9.59 Å². The molecule has 1 N–H and O–H groups in total. The molecular weight excluding hydrogens is 406 g/mol. The van der Waals surface area contributed by atoms with Crippen molar-refractivity contribution in [1.29, 1.82) is 0 Å². The van der Waals surface area contributed by atoms with Crippen LogP contribution in [0, 0.1) is 0 Å². The summed E-state index contributed by atoms with van der Waals surface area (Å²) < 4.78 is 2.08. The Kier molecular flexibility index (Phi) is 5.34. The molecule has 0 radical (unpaired) electrons. The first-order chi connectivity index (χ1) is 12.0. The lowest BCUT2D eigenvalue weighted by molar-refractivity contribution is -0.117. The van der Waals surface area contributed by atoms with E-state index in [4.69, 9.17) is 0 Å². The van der Waals surface area contributed by atoms with Crippen LogP contribution in [-0.4, -0.2) is 25.9 Å². The molecule has 2 aromatic heterocycles. The van der Waals surface area contributed by atoms with E-state index in [-0.39, 0.29) is 18.0 Å². The summed E-state index contributed by atoms with van der Waals surface area (Å²) in [6.45, 7) is 1.77. The average Bonchev–Trinajstić information content (AvgIpc) is 3.05. The Bertz CT molecular complexity index is 952. The van der Waals surface area contributed by atoms with Crippen molar-refractivity contribution < 1.29 is 4.79 Å². The van der Waals surface area contributed by atoms with Crippen molar-refractivity contribution in [3.63, 3.8) is 0 Å². The SMILES string of the molecule is CCc1nnc(NC(=O)Cn2nc(-c3ccc(Br)cc3)ccc2=O)s1. The molecule has 7 nitrogen and oxygen atoms in total. The molecule has 3 rings (SSSR count). The summed E-state index contributed by atoms with van der Waals surface area (Å²) in [5.41, 5.74) is 1.13. The summed E-state index contributed by atoms with van der Waals surface area (Å²) in [6.07, 6.45) is 0.754. The first-order valence-corrected chi connectivity index (χ1v) is 9.12. The number of amides is 1. The van der Waals surface area contributed by atoms with E-state index in [0.717, 1.165) is 26.1 Å². The van der Waals surface area contributed by atoms with E-state index >= 15 is 0 Å². The van der Waals surface area contributed by atoms with Crippen LogP contribution in [0.1, 0.15) is 11.9 Å². The Balaban J connectivity index is 1.77. The topological polar surface area (TPSA) is 89.8 Å². The average molecular weight is 420 g/mol. The molecule has 1 amide bonds. The number of benzene rings is 1. The maximum Gasteiger partial charge on any atom is 0.267 e. The van der Waals surface area contributed by atoms with Crippen molar-refractivity contribution in [2.24, 2.45) is 0 Å². The van der Waals surface area contributed by atoms with Crippen molar-refractivity contribution in [2.75, 3.05) is 5.32 Å². The van der Waals surface area contributed by atoms with Gasteiger partial charge in [-0.1, -0.05) is 46.3 Å². The second kappa shape index (κ2) is 7.66. The van der Waals surface area contributed by atoms with Gasteiger partial charge in [0.2, 0.25) is 11.0 Å².